The van der Waals surface area contributed by atoms with Gasteiger partial charge in [-0.1, -0.05) is 13.8 Å². The van der Waals surface area contributed by atoms with Gasteiger partial charge in [0.05, 0.1) is 5.75 Å². The summed E-state index contributed by atoms with van der Waals surface area (Å²) in [6.07, 6.45) is 0.670. The largest absolute Gasteiger partial charge is 0.480 e. The molecule has 0 fully saturated rings. The number of aliphatic carboxylic acids is 1. The van der Waals surface area contributed by atoms with Crippen molar-refractivity contribution in [1.82, 2.24) is 0 Å². The molecule has 0 saturated carbocycles. The van der Waals surface area contributed by atoms with Crippen molar-refractivity contribution < 1.29 is 18.3 Å². The molecule has 6 heteroatoms. The molecule has 0 rings (SSSR count). The monoisotopic (exact) mass is 254 g/mol. The molecule has 0 aliphatic carbocycles. The Labute approximate surface area is 95.4 Å². The van der Waals surface area contributed by atoms with Crippen molar-refractivity contribution in [2.24, 2.45) is 0 Å². The van der Waals surface area contributed by atoms with E-state index in [2.05, 4.69) is 0 Å². The minimum atomic E-state index is -3.47. The predicted molar refractivity (Wildman–Crippen MR) is 63.1 cm³/mol. The Morgan fingerprint density at radius 3 is 2.40 bits per heavy atom. The quantitative estimate of drug-likeness (QED) is 0.663. The Morgan fingerprint density at radius 1 is 1.40 bits per heavy atom. The number of rotatable bonds is 8. The fourth-order valence-corrected chi connectivity index (χ4v) is 3.70. The van der Waals surface area contributed by atoms with E-state index in [4.69, 9.17) is 5.11 Å². The van der Waals surface area contributed by atoms with Crippen molar-refractivity contribution in [3.05, 3.63) is 0 Å². The molecular formula is C9H18O4S2. The molecule has 0 saturated heterocycles. The Morgan fingerprint density at radius 2 is 2.00 bits per heavy atom. The summed E-state index contributed by atoms with van der Waals surface area (Å²) in [7, 11) is -3.47. The molecule has 0 aliphatic rings. The number of carboxylic acids is 1. The van der Waals surface area contributed by atoms with Gasteiger partial charge in [-0.25, -0.2) is 8.42 Å². The lowest BCUT2D eigenvalue weighted by Gasteiger charge is -2.10. The summed E-state index contributed by atoms with van der Waals surface area (Å²) in [5, 5.41) is 7.49. The summed E-state index contributed by atoms with van der Waals surface area (Å²) < 4.78 is 23.2. The molecule has 0 spiro atoms. The van der Waals surface area contributed by atoms with Crippen LogP contribution in [0.25, 0.3) is 0 Å². The van der Waals surface area contributed by atoms with E-state index in [-0.39, 0.29) is 12.2 Å². The lowest BCUT2D eigenvalue weighted by atomic mass is 10.3. The van der Waals surface area contributed by atoms with Gasteiger partial charge in [-0.05, 0) is 24.3 Å². The van der Waals surface area contributed by atoms with E-state index in [0.29, 0.717) is 6.42 Å². The molecule has 0 aromatic carbocycles. The molecule has 90 valence electrons. The molecule has 15 heavy (non-hydrogen) atoms. The van der Waals surface area contributed by atoms with Crippen molar-refractivity contribution in [2.45, 2.75) is 31.9 Å². The molecule has 1 atom stereocenters. The zero-order valence-electron chi connectivity index (χ0n) is 9.10. The SMILES string of the molecule is CCSCCCS(=O)(=O)C(CC)C(=O)O. The molecule has 0 aromatic heterocycles. The molecule has 0 radical (unpaired) electrons. The van der Waals surface area contributed by atoms with Gasteiger partial charge in [0.25, 0.3) is 0 Å². The molecular weight excluding hydrogens is 236 g/mol. The summed E-state index contributed by atoms with van der Waals surface area (Å²) >= 11 is 1.66. The van der Waals surface area contributed by atoms with E-state index >= 15 is 0 Å². The van der Waals surface area contributed by atoms with Crippen LogP contribution in [0.5, 0.6) is 0 Å². The van der Waals surface area contributed by atoms with Gasteiger partial charge in [0.2, 0.25) is 0 Å². The highest BCUT2D eigenvalue weighted by Gasteiger charge is 2.29. The molecule has 0 amide bonds. The summed E-state index contributed by atoms with van der Waals surface area (Å²) in [5.74, 6) is 0.466. The van der Waals surface area contributed by atoms with Crippen LogP contribution in [0.3, 0.4) is 0 Å². The molecule has 0 aromatic rings. The van der Waals surface area contributed by atoms with Crippen molar-refractivity contribution >= 4 is 27.6 Å². The third kappa shape index (κ3) is 5.41. The number of carbonyl (C=O) groups is 1. The van der Waals surface area contributed by atoms with Crippen LogP contribution in [-0.4, -0.2) is 42.0 Å². The summed E-state index contributed by atoms with van der Waals surface area (Å²) in [6.45, 7) is 3.59. The van der Waals surface area contributed by atoms with Gasteiger partial charge in [-0.15, -0.1) is 0 Å². The van der Waals surface area contributed by atoms with E-state index in [0.717, 1.165) is 11.5 Å². The maximum absolute atomic E-state index is 11.6. The number of carboxylic acid groups (broad SMARTS) is 1. The number of thioether (sulfide) groups is 1. The first-order chi connectivity index (χ1) is 6.95. The fraction of sp³-hybridized carbons (Fsp3) is 0.889. The van der Waals surface area contributed by atoms with Crippen LogP contribution < -0.4 is 0 Å². The second-order valence-corrected chi connectivity index (χ2v) is 6.85. The second-order valence-electron chi connectivity index (χ2n) is 3.15. The zero-order chi connectivity index (χ0) is 11.9. The van der Waals surface area contributed by atoms with Crippen LogP contribution in [0, 0.1) is 0 Å². The maximum atomic E-state index is 11.6. The van der Waals surface area contributed by atoms with E-state index < -0.39 is 21.1 Å². The minimum Gasteiger partial charge on any atom is -0.480 e. The van der Waals surface area contributed by atoms with Gasteiger partial charge in [0.1, 0.15) is 0 Å². The van der Waals surface area contributed by atoms with Crippen LogP contribution in [-0.2, 0) is 14.6 Å². The lowest BCUT2D eigenvalue weighted by molar-refractivity contribution is -0.136. The van der Waals surface area contributed by atoms with Gasteiger partial charge in [0, 0.05) is 0 Å². The molecule has 1 unspecified atom stereocenters. The first-order valence-corrected chi connectivity index (χ1v) is 7.84. The van der Waals surface area contributed by atoms with Crippen LogP contribution in [0.1, 0.15) is 26.7 Å². The Balaban J connectivity index is 4.21. The van der Waals surface area contributed by atoms with Crippen molar-refractivity contribution in [3.8, 4) is 0 Å². The van der Waals surface area contributed by atoms with Crippen molar-refractivity contribution in [1.29, 1.82) is 0 Å². The van der Waals surface area contributed by atoms with Crippen LogP contribution in [0.4, 0.5) is 0 Å². The highest BCUT2D eigenvalue weighted by molar-refractivity contribution is 7.99. The van der Waals surface area contributed by atoms with E-state index in [1.54, 1.807) is 18.7 Å². The zero-order valence-corrected chi connectivity index (χ0v) is 10.7. The number of hydrogen-bond acceptors (Lipinski definition) is 4. The van der Waals surface area contributed by atoms with E-state index in [9.17, 15) is 13.2 Å². The molecule has 0 bridgehead atoms. The van der Waals surface area contributed by atoms with E-state index in [1.165, 1.54) is 0 Å². The Kier molecular flexibility index (Phi) is 7.00. The molecule has 0 aliphatic heterocycles. The minimum absolute atomic E-state index is 0.0230. The lowest BCUT2D eigenvalue weighted by Crippen LogP contribution is -2.31. The number of sulfone groups is 1. The van der Waals surface area contributed by atoms with Crippen molar-refractivity contribution in [3.63, 3.8) is 0 Å². The average molecular weight is 254 g/mol. The summed E-state index contributed by atoms with van der Waals surface area (Å²) in [6, 6.07) is 0. The van der Waals surface area contributed by atoms with Crippen LogP contribution in [0.15, 0.2) is 0 Å². The van der Waals surface area contributed by atoms with Crippen LogP contribution in [0.2, 0.25) is 0 Å². The first kappa shape index (κ1) is 14.8. The van der Waals surface area contributed by atoms with Crippen LogP contribution >= 0.6 is 11.8 Å². The third-order valence-corrected chi connectivity index (χ3v) is 5.25. The van der Waals surface area contributed by atoms with Gasteiger partial charge in [0.15, 0.2) is 15.1 Å². The summed E-state index contributed by atoms with van der Waals surface area (Å²) in [5.41, 5.74) is 0. The predicted octanol–water partition coefficient (Wildman–Crippen LogP) is 1.41. The average Bonchev–Trinajstić information content (AvgIpc) is 2.12. The van der Waals surface area contributed by atoms with Gasteiger partial charge in [-0.2, -0.15) is 11.8 Å². The highest BCUT2D eigenvalue weighted by atomic mass is 32.2. The second kappa shape index (κ2) is 7.11. The van der Waals surface area contributed by atoms with Gasteiger partial charge < -0.3 is 5.11 Å². The number of hydrogen-bond donors (Lipinski definition) is 1. The first-order valence-electron chi connectivity index (χ1n) is 4.97. The van der Waals surface area contributed by atoms with Gasteiger partial charge in [-0.3, -0.25) is 4.79 Å². The Bertz CT molecular complexity index is 284. The maximum Gasteiger partial charge on any atom is 0.321 e. The fourth-order valence-electron chi connectivity index (χ4n) is 1.23. The normalized spacial score (nSPS) is 13.7. The highest BCUT2D eigenvalue weighted by Crippen LogP contribution is 2.11. The summed E-state index contributed by atoms with van der Waals surface area (Å²) in [4.78, 5) is 10.7. The topological polar surface area (TPSA) is 71.4 Å². The van der Waals surface area contributed by atoms with Crippen molar-refractivity contribution in [2.75, 3.05) is 17.3 Å². The van der Waals surface area contributed by atoms with E-state index in [1.807, 2.05) is 6.92 Å². The Hall–Kier alpha value is -0.230. The smallest absolute Gasteiger partial charge is 0.321 e. The molecule has 4 nitrogen and oxygen atoms in total. The molecule has 1 N–H and O–H groups in total. The standard InChI is InChI=1S/C9H18O4S2/c1-3-8(9(10)11)15(12,13)7-5-6-14-4-2/h8H,3-7H2,1-2H3,(H,10,11). The van der Waals surface area contributed by atoms with Gasteiger partial charge >= 0.3 is 5.97 Å². The molecule has 0 heterocycles. The third-order valence-electron chi connectivity index (χ3n) is 2.00.